The molecule has 2 atom stereocenters. The number of nitrogens with zero attached hydrogens (tertiary/aromatic N) is 1. The highest BCUT2D eigenvalue weighted by atomic mass is 31.2. The number of ether oxygens (including phenoxy) is 2. The zero-order chi connectivity index (χ0) is 40.7. The minimum Gasteiger partial charge on any atom is -0.462 e. The second-order valence-electron chi connectivity index (χ2n) is 15.4. The van der Waals surface area contributed by atoms with E-state index in [2.05, 4.69) is 74.6 Å². The van der Waals surface area contributed by atoms with Gasteiger partial charge in [0.15, 0.2) is 6.10 Å². The molecule has 1 N–H and O–H groups in total. The van der Waals surface area contributed by atoms with E-state index in [0.29, 0.717) is 17.4 Å². The summed E-state index contributed by atoms with van der Waals surface area (Å²) in [5, 5.41) is 0. The molecule has 0 aliphatic rings. The van der Waals surface area contributed by atoms with Crippen LogP contribution in [-0.4, -0.2) is 74.9 Å². The van der Waals surface area contributed by atoms with Crippen molar-refractivity contribution in [3.05, 3.63) is 60.8 Å². The van der Waals surface area contributed by atoms with Gasteiger partial charge in [0.05, 0.1) is 27.7 Å². The fourth-order valence-electron chi connectivity index (χ4n) is 5.34. The Bertz CT molecular complexity index is 1120. The maximum absolute atomic E-state index is 12.7. The Hall–Kier alpha value is -2.29. The second kappa shape index (κ2) is 37.3. The van der Waals surface area contributed by atoms with Crippen LogP contribution in [0.2, 0.25) is 0 Å². The molecular weight excluding hydrogens is 713 g/mol. The van der Waals surface area contributed by atoms with Gasteiger partial charge in [0, 0.05) is 12.8 Å². The summed E-state index contributed by atoms with van der Waals surface area (Å²) in [5.74, 6) is -0.851. The van der Waals surface area contributed by atoms with E-state index in [1.807, 2.05) is 21.1 Å². The monoisotopic (exact) mass is 795 g/mol. The molecule has 0 saturated carbocycles. The first kappa shape index (κ1) is 52.7. The molecule has 0 radical (unpaired) electrons. The largest absolute Gasteiger partial charge is 0.472 e. The van der Waals surface area contributed by atoms with Gasteiger partial charge >= 0.3 is 19.8 Å². The Labute approximate surface area is 336 Å². The molecule has 0 heterocycles. The lowest BCUT2D eigenvalue weighted by molar-refractivity contribution is -0.870. The fraction of sp³-hybridized carbons (Fsp3) is 0.733. The standard InChI is InChI=1S/C45H80NO8P/c1-6-8-10-12-14-16-18-20-21-22-23-24-25-26-28-30-32-34-36-38-45(48)54-43(42-53-55(49,50)52-40-39-46(3,4)5)41-51-44(47)37-35-33-31-29-27-19-17-15-13-11-9-7-2/h14-17,20-21,23-24,26,28,43H,6-13,18-19,22,25,27,29-42H2,1-5H3/p+1/b16-14+,17-15+,21-20+,24-23+,28-26+/t43-/m1/s1. The SMILES string of the molecule is CCCCC/C=C/C/C=C/C/C=C/C/C=C/CCCCCC(=O)O[C@H](COC(=O)CCCCCCC/C=C/CCCCC)COP(=O)(O)OCC[N+](C)(C)C. The molecular formula is C45H81NO8P+. The van der Waals surface area contributed by atoms with Gasteiger partial charge in [0.1, 0.15) is 19.8 Å². The first-order valence-electron chi connectivity index (χ1n) is 21.5. The highest BCUT2D eigenvalue weighted by molar-refractivity contribution is 7.47. The summed E-state index contributed by atoms with van der Waals surface area (Å²) in [6.07, 6.45) is 44.1. The highest BCUT2D eigenvalue weighted by Gasteiger charge is 2.27. The van der Waals surface area contributed by atoms with Crippen LogP contribution in [0.25, 0.3) is 0 Å². The molecule has 10 heteroatoms. The van der Waals surface area contributed by atoms with Crippen LogP contribution in [0.15, 0.2) is 60.8 Å². The summed E-state index contributed by atoms with van der Waals surface area (Å²) >= 11 is 0. The second-order valence-corrected chi connectivity index (χ2v) is 16.8. The van der Waals surface area contributed by atoms with Crippen LogP contribution in [0.3, 0.4) is 0 Å². The predicted molar refractivity (Wildman–Crippen MR) is 229 cm³/mol. The van der Waals surface area contributed by atoms with E-state index in [4.69, 9.17) is 18.5 Å². The average Bonchev–Trinajstić information content (AvgIpc) is 3.13. The molecule has 0 saturated heterocycles. The number of phosphoric acid groups is 1. The van der Waals surface area contributed by atoms with E-state index in [1.165, 1.54) is 51.4 Å². The molecule has 9 nitrogen and oxygen atoms in total. The summed E-state index contributed by atoms with van der Waals surface area (Å²) in [5.41, 5.74) is 0. The predicted octanol–water partition coefficient (Wildman–Crippen LogP) is 12.1. The van der Waals surface area contributed by atoms with Gasteiger partial charge in [-0.15, -0.1) is 0 Å². The number of hydrogen-bond acceptors (Lipinski definition) is 7. The Kier molecular flexibility index (Phi) is 35.7. The van der Waals surface area contributed by atoms with Crippen LogP contribution in [-0.2, 0) is 32.7 Å². The fourth-order valence-corrected chi connectivity index (χ4v) is 6.08. The molecule has 0 aliphatic heterocycles. The summed E-state index contributed by atoms with van der Waals surface area (Å²) < 4.78 is 34.2. The smallest absolute Gasteiger partial charge is 0.462 e. The summed E-state index contributed by atoms with van der Waals surface area (Å²) in [4.78, 5) is 35.3. The van der Waals surface area contributed by atoms with Crippen molar-refractivity contribution in [1.82, 2.24) is 0 Å². The normalized spacial score (nSPS) is 14.2. The van der Waals surface area contributed by atoms with Crippen LogP contribution < -0.4 is 0 Å². The number of carbonyl (C=O) groups excluding carboxylic acids is 2. The van der Waals surface area contributed by atoms with Crippen molar-refractivity contribution >= 4 is 19.8 Å². The molecule has 0 spiro atoms. The van der Waals surface area contributed by atoms with Crippen LogP contribution in [0, 0.1) is 0 Å². The van der Waals surface area contributed by atoms with Crippen molar-refractivity contribution in [2.45, 2.75) is 168 Å². The number of hydrogen-bond donors (Lipinski definition) is 1. The maximum atomic E-state index is 12.7. The lowest BCUT2D eigenvalue weighted by Gasteiger charge is -2.24. The molecule has 0 rings (SSSR count). The van der Waals surface area contributed by atoms with Crippen LogP contribution in [0.4, 0.5) is 0 Å². The van der Waals surface area contributed by atoms with E-state index in [9.17, 15) is 19.0 Å². The minimum absolute atomic E-state index is 0.0214. The van der Waals surface area contributed by atoms with Gasteiger partial charge in [-0.05, 0) is 83.5 Å². The first-order valence-corrected chi connectivity index (χ1v) is 23.0. The zero-order valence-corrected chi connectivity index (χ0v) is 36.5. The quantitative estimate of drug-likeness (QED) is 0.0216. The number of quaternary nitrogens is 1. The third-order valence-corrected chi connectivity index (χ3v) is 9.75. The van der Waals surface area contributed by atoms with Gasteiger partial charge in [0.2, 0.25) is 0 Å². The van der Waals surface area contributed by atoms with E-state index in [-0.39, 0.29) is 32.0 Å². The summed E-state index contributed by atoms with van der Waals surface area (Å²) in [7, 11) is 1.44. The average molecular weight is 795 g/mol. The summed E-state index contributed by atoms with van der Waals surface area (Å²) in [6, 6.07) is 0. The Morgan fingerprint density at radius 3 is 1.49 bits per heavy atom. The van der Waals surface area contributed by atoms with E-state index in [0.717, 1.165) is 77.0 Å². The van der Waals surface area contributed by atoms with Crippen molar-refractivity contribution in [3.8, 4) is 0 Å². The van der Waals surface area contributed by atoms with E-state index >= 15 is 0 Å². The van der Waals surface area contributed by atoms with Gasteiger partial charge in [-0.1, -0.05) is 126 Å². The molecule has 0 aromatic rings. The number of phosphoric ester groups is 1. The highest BCUT2D eigenvalue weighted by Crippen LogP contribution is 2.43. The van der Waals surface area contributed by atoms with Gasteiger partial charge < -0.3 is 18.9 Å². The van der Waals surface area contributed by atoms with Gasteiger partial charge in [-0.2, -0.15) is 0 Å². The van der Waals surface area contributed by atoms with Crippen molar-refractivity contribution in [1.29, 1.82) is 0 Å². The lowest BCUT2D eigenvalue weighted by atomic mass is 10.1. The van der Waals surface area contributed by atoms with Gasteiger partial charge in [-0.3, -0.25) is 18.6 Å². The van der Waals surface area contributed by atoms with E-state index < -0.39 is 26.5 Å². The maximum Gasteiger partial charge on any atom is 0.472 e. The Balaban J connectivity index is 4.46. The van der Waals surface area contributed by atoms with Gasteiger partial charge in [0.25, 0.3) is 0 Å². The van der Waals surface area contributed by atoms with E-state index in [1.54, 1.807) is 0 Å². The number of allylic oxidation sites excluding steroid dienone is 10. The zero-order valence-electron chi connectivity index (χ0n) is 35.6. The molecule has 0 aromatic carbocycles. The minimum atomic E-state index is -4.39. The van der Waals surface area contributed by atoms with Crippen LogP contribution in [0.1, 0.15) is 162 Å². The van der Waals surface area contributed by atoms with Crippen LogP contribution in [0.5, 0.6) is 0 Å². The number of carbonyl (C=O) groups is 2. The summed E-state index contributed by atoms with van der Waals surface area (Å²) in [6.45, 7) is 4.30. The third kappa shape index (κ3) is 41.2. The first-order chi connectivity index (χ1) is 26.5. The van der Waals surface area contributed by atoms with Crippen molar-refractivity contribution < 1.29 is 42.1 Å². The number of unbranched alkanes of at least 4 members (excludes halogenated alkanes) is 14. The van der Waals surface area contributed by atoms with Gasteiger partial charge in [-0.25, -0.2) is 4.57 Å². The Morgan fingerprint density at radius 1 is 0.564 bits per heavy atom. The third-order valence-electron chi connectivity index (χ3n) is 8.77. The molecule has 0 bridgehead atoms. The lowest BCUT2D eigenvalue weighted by Crippen LogP contribution is -2.37. The molecule has 1 unspecified atom stereocenters. The topological polar surface area (TPSA) is 108 Å². The number of likely N-dealkylation sites (N-methyl/N-ethyl adjacent to an activating group) is 1. The van der Waals surface area contributed by atoms with Crippen molar-refractivity contribution in [2.75, 3.05) is 47.5 Å². The molecule has 55 heavy (non-hydrogen) atoms. The van der Waals surface area contributed by atoms with Crippen molar-refractivity contribution in [3.63, 3.8) is 0 Å². The Morgan fingerprint density at radius 2 is 0.982 bits per heavy atom. The molecule has 0 aromatic heterocycles. The van der Waals surface area contributed by atoms with Crippen molar-refractivity contribution in [2.24, 2.45) is 0 Å². The molecule has 0 amide bonds. The molecule has 318 valence electrons. The molecule has 0 fully saturated rings. The number of rotatable bonds is 38. The molecule has 0 aliphatic carbocycles. The van der Waals surface area contributed by atoms with Crippen LogP contribution >= 0.6 is 7.82 Å². The number of esters is 2.